The summed E-state index contributed by atoms with van der Waals surface area (Å²) >= 11 is 3.27. The van der Waals surface area contributed by atoms with E-state index in [0.29, 0.717) is 26.9 Å². The summed E-state index contributed by atoms with van der Waals surface area (Å²) in [6.45, 7) is 3.53. The van der Waals surface area contributed by atoms with Crippen molar-refractivity contribution in [2.45, 2.75) is 13.8 Å². The van der Waals surface area contributed by atoms with E-state index in [-0.39, 0.29) is 0 Å². The van der Waals surface area contributed by atoms with E-state index >= 15 is 0 Å². The third-order valence-electron chi connectivity index (χ3n) is 2.18. The average Bonchev–Trinajstić information content (AvgIpc) is 2.16. The van der Waals surface area contributed by atoms with Crippen LogP contribution in [0.25, 0.3) is 0 Å². The second kappa shape index (κ2) is 3.69. The fourth-order valence-electron chi connectivity index (χ4n) is 1.34. The second-order valence-corrected chi connectivity index (χ2v) is 3.74. The standard InChI is InChI=1S/C10H8BrN3/c1-5-7(3-12)6(2)9(11)10(14)8(5)4-13/h14H2,1-2H3. The summed E-state index contributed by atoms with van der Waals surface area (Å²) < 4.78 is 0.635. The molecule has 0 aliphatic carbocycles. The molecule has 0 aliphatic rings. The number of hydrogen-bond acceptors (Lipinski definition) is 3. The molecule has 0 saturated carbocycles. The van der Waals surface area contributed by atoms with Crippen LogP contribution in [-0.2, 0) is 0 Å². The molecule has 0 saturated heterocycles. The van der Waals surface area contributed by atoms with E-state index in [0.717, 1.165) is 5.56 Å². The van der Waals surface area contributed by atoms with Crippen LogP contribution >= 0.6 is 15.9 Å². The third-order valence-corrected chi connectivity index (χ3v) is 3.21. The van der Waals surface area contributed by atoms with Gasteiger partial charge in [0.25, 0.3) is 0 Å². The molecule has 0 amide bonds. The molecule has 0 bridgehead atoms. The van der Waals surface area contributed by atoms with Gasteiger partial charge in [-0.1, -0.05) is 0 Å². The number of benzene rings is 1. The maximum Gasteiger partial charge on any atom is 0.102 e. The van der Waals surface area contributed by atoms with E-state index in [1.165, 1.54) is 0 Å². The first-order chi connectivity index (χ1) is 6.54. The van der Waals surface area contributed by atoms with E-state index in [1.807, 2.05) is 6.07 Å². The number of nitrogens with two attached hydrogens (primary N) is 1. The van der Waals surface area contributed by atoms with Crippen LogP contribution < -0.4 is 5.73 Å². The van der Waals surface area contributed by atoms with Crippen molar-refractivity contribution in [1.82, 2.24) is 0 Å². The molecular weight excluding hydrogens is 242 g/mol. The number of rotatable bonds is 0. The predicted molar refractivity (Wildman–Crippen MR) is 57.5 cm³/mol. The van der Waals surface area contributed by atoms with Crippen LogP contribution in [0.2, 0.25) is 0 Å². The van der Waals surface area contributed by atoms with Gasteiger partial charge >= 0.3 is 0 Å². The van der Waals surface area contributed by atoms with Crippen LogP contribution in [0.15, 0.2) is 4.47 Å². The summed E-state index contributed by atoms with van der Waals surface area (Å²) in [5.74, 6) is 0. The number of nitrogens with zero attached hydrogens (tertiary/aromatic N) is 2. The molecule has 1 rings (SSSR count). The number of nitrogen functional groups attached to an aromatic ring is 1. The van der Waals surface area contributed by atoms with Crippen molar-refractivity contribution >= 4 is 21.6 Å². The molecule has 0 aliphatic heterocycles. The summed E-state index contributed by atoms with van der Waals surface area (Å²) in [5, 5.41) is 17.8. The van der Waals surface area contributed by atoms with E-state index in [4.69, 9.17) is 16.3 Å². The average molecular weight is 250 g/mol. The molecule has 0 unspecified atom stereocenters. The van der Waals surface area contributed by atoms with Crippen molar-refractivity contribution in [3.05, 3.63) is 26.7 Å². The van der Waals surface area contributed by atoms with Gasteiger partial charge in [-0.15, -0.1) is 0 Å². The number of anilines is 1. The minimum absolute atomic E-state index is 0.374. The zero-order valence-corrected chi connectivity index (χ0v) is 9.44. The topological polar surface area (TPSA) is 73.6 Å². The van der Waals surface area contributed by atoms with Gasteiger partial charge < -0.3 is 5.73 Å². The zero-order valence-electron chi connectivity index (χ0n) is 7.85. The number of hydrogen-bond donors (Lipinski definition) is 1. The van der Waals surface area contributed by atoms with E-state index in [2.05, 4.69) is 22.0 Å². The highest BCUT2D eigenvalue weighted by molar-refractivity contribution is 9.10. The van der Waals surface area contributed by atoms with E-state index in [1.54, 1.807) is 13.8 Å². The minimum Gasteiger partial charge on any atom is -0.397 e. The third kappa shape index (κ3) is 1.34. The maximum atomic E-state index is 8.91. The highest BCUT2D eigenvalue weighted by atomic mass is 79.9. The summed E-state index contributed by atoms with van der Waals surface area (Å²) in [6, 6.07) is 4.07. The van der Waals surface area contributed by atoms with Gasteiger partial charge in [0.1, 0.15) is 6.07 Å². The molecule has 1 aromatic rings. The Morgan fingerprint density at radius 1 is 1.07 bits per heavy atom. The number of halogens is 1. The molecule has 14 heavy (non-hydrogen) atoms. The van der Waals surface area contributed by atoms with E-state index in [9.17, 15) is 0 Å². The molecule has 0 spiro atoms. The van der Waals surface area contributed by atoms with Crippen LogP contribution in [0.4, 0.5) is 5.69 Å². The van der Waals surface area contributed by atoms with Crippen molar-refractivity contribution < 1.29 is 0 Å². The Kier molecular flexibility index (Phi) is 2.78. The Bertz CT molecular complexity index is 437. The van der Waals surface area contributed by atoms with Crippen molar-refractivity contribution in [1.29, 1.82) is 10.5 Å². The summed E-state index contributed by atoms with van der Waals surface area (Å²) in [5.41, 5.74) is 8.46. The largest absolute Gasteiger partial charge is 0.397 e. The predicted octanol–water partition coefficient (Wildman–Crippen LogP) is 2.39. The SMILES string of the molecule is Cc1c(Br)c(N)c(C#N)c(C)c1C#N. The van der Waals surface area contributed by atoms with E-state index < -0.39 is 0 Å². The molecule has 0 fully saturated rings. The van der Waals surface area contributed by atoms with Gasteiger partial charge in [-0.25, -0.2) is 0 Å². The van der Waals surface area contributed by atoms with Gasteiger partial charge in [-0.2, -0.15) is 10.5 Å². The quantitative estimate of drug-likeness (QED) is 0.718. The molecule has 70 valence electrons. The molecule has 0 heterocycles. The van der Waals surface area contributed by atoms with Crippen molar-refractivity contribution in [2.75, 3.05) is 5.73 Å². The van der Waals surface area contributed by atoms with Crippen molar-refractivity contribution in [3.8, 4) is 12.1 Å². The van der Waals surface area contributed by atoms with Gasteiger partial charge in [0.2, 0.25) is 0 Å². The van der Waals surface area contributed by atoms with Gasteiger partial charge in [0, 0.05) is 4.47 Å². The lowest BCUT2D eigenvalue weighted by molar-refractivity contribution is 1.28. The molecule has 2 N–H and O–H groups in total. The first-order valence-electron chi connectivity index (χ1n) is 3.92. The summed E-state index contributed by atoms with van der Waals surface area (Å²) in [6.07, 6.45) is 0. The van der Waals surface area contributed by atoms with Crippen LogP contribution in [-0.4, -0.2) is 0 Å². The lowest BCUT2D eigenvalue weighted by atomic mass is 9.97. The number of nitriles is 2. The normalized spacial score (nSPS) is 9.21. The van der Waals surface area contributed by atoms with Crippen LogP contribution in [0.3, 0.4) is 0 Å². The van der Waals surface area contributed by atoms with Crippen molar-refractivity contribution in [2.24, 2.45) is 0 Å². The Hall–Kier alpha value is -1.52. The molecule has 0 radical (unpaired) electrons. The highest BCUT2D eigenvalue weighted by Gasteiger charge is 2.15. The van der Waals surface area contributed by atoms with Gasteiger partial charge in [0.15, 0.2) is 0 Å². The monoisotopic (exact) mass is 249 g/mol. The zero-order chi connectivity index (χ0) is 10.9. The molecule has 0 aromatic heterocycles. The molecule has 0 atom stereocenters. The Labute approximate surface area is 90.9 Å². The first kappa shape index (κ1) is 10.6. The smallest absolute Gasteiger partial charge is 0.102 e. The van der Waals surface area contributed by atoms with Crippen molar-refractivity contribution in [3.63, 3.8) is 0 Å². The van der Waals surface area contributed by atoms with Crippen LogP contribution in [0.5, 0.6) is 0 Å². The Balaban J connectivity index is 3.78. The Morgan fingerprint density at radius 2 is 1.57 bits per heavy atom. The lowest BCUT2D eigenvalue weighted by Crippen LogP contribution is -2.01. The Morgan fingerprint density at radius 3 is 2.00 bits per heavy atom. The van der Waals surface area contributed by atoms with Gasteiger partial charge in [0.05, 0.1) is 22.9 Å². The molecule has 4 heteroatoms. The fourth-order valence-corrected chi connectivity index (χ4v) is 1.74. The lowest BCUT2D eigenvalue weighted by Gasteiger charge is -2.10. The van der Waals surface area contributed by atoms with Gasteiger partial charge in [-0.05, 0) is 40.9 Å². The summed E-state index contributed by atoms with van der Waals surface area (Å²) in [7, 11) is 0. The highest BCUT2D eigenvalue weighted by Crippen LogP contribution is 2.32. The van der Waals surface area contributed by atoms with Crippen LogP contribution in [0, 0.1) is 36.5 Å². The first-order valence-corrected chi connectivity index (χ1v) is 4.72. The fraction of sp³-hybridized carbons (Fsp3) is 0.200. The second-order valence-electron chi connectivity index (χ2n) is 2.95. The van der Waals surface area contributed by atoms with Crippen LogP contribution in [0.1, 0.15) is 22.3 Å². The molecule has 3 nitrogen and oxygen atoms in total. The summed E-state index contributed by atoms with van der Waals surface area (Å²) in [4.78, 5) is 0. The molecular formula is C10H8BrN3. The maximum absolute atomic E-state index is 8.91. The van der Waals surface area contributed by atoms with Gasteiger partial charge in [-0.3, -0.25) is 0 Å². The molecule has 1 aromatic carbocycles. The minimum atomic E-state index is 0.374.